The molecule has 2 aromatic heterocycles. The first-order chi connectivity index (χ1) is 16.3. The van der Waals surface area contributed by atoms with E-state index in [4.69, 9.17) is 17.3 Å². The number of fused-ring (bicyclic) bond motifs is 2. The molecule has 0 aliphatic carbocycles. The summed E-state index contributed by atoms with van der Waals surface area (Å²) < 4.78 is 14.8. The third-order valence-corrected chi connectivity index (χ3v) is 8.02. The van der Waals surface area contributed by atoms with E-state index in [-0.39, 0.29) is 40.4 Å². The lowest BCUT2D eigenvalue weighted by Crippen LogP contribution is -2.65. The minimum absolute atomic E-state index is 0.0342. The number of nitrogens with two attached hydrogens (primary N) is 1. The zero-order valence-electron chi connectivity index (χ0n) is 19.8. The van der Waals surface area contributed by atoms with Gasteiger partial charge in [-0.1, -0.05) is 13.3 Å². The molecule has 0 aromatic carbocycles. The van der Waals surface area contributed by atoms with Crippen molar-refractivity contribution in [1.29, 1.82) is 0 Å². The molecule has 9 nitrogen and oxygen atoms in total. The van der Waals surface area contributed by atoms with E-state index in [1.54, 1.807) is 0 Å². The zero-order chi connectivity index (χ0) is 24.0. The standard InChI is InChI=1S/C23H34ClFN8O/c1-3-4-5-31-12-17(24)20(32-9-14-7-30(2)8-15(14)10-32)18(13-31)28-23(34)19-21(26)29-33-11-16(25)6-27-22(19)33/h6,11,14-15,17-18,20H,3-5,7-10,12-13H2,1-2H3,(H2,26,29)(H,28,34). The van der Waals surface area contributed by atoms with Crippen molar-refractivity contribution in [2.45, 2.75) is 37.2 Å². The summed E-state index contributed by atoms with van der Waals surface area (Å²) in [5.74, 6) is 0.445. The Morgan fingerprint density at radius 3 is 2.68 bits per heavy atom. The molecule has 1 amide bonds. The topological polar surface area (TPSA) is 95.0 Å². The predicted octanol–water partition coefficient (Wildman–Crippen LogP) is 1.13. The van der Waals surface area contributed by atoms with Crippen molar-refractivity contribution in [1.82, 2.24) is 34.6 Å². The minimum Gasteiger partial charge on any atom is -0.381 e. The Labute approximate surface area is 204 Å². The maximum absolute atomic E-state index is 13.6. The highest BCUT2D eigenvalue weighted by Crippen LogP contribution is 2.35. The number of nitrogens with zero attached hydrogens (tertiary/aromatic N) is 6. The fourth-order valence-corrected chi connectivity index (χ4v) is 6.67. The van der Waals surface area contributed by atoms with Crippen LogP contribution in [0.1, 0.15) is 30.1 Å². The van der Waals surface area contributed by atoms with Gasteiger partial charge in [0.05, 0.1) is 23.8 Å². The van der Waals surface area contributed by atoms with E-state index >= 15 is 0 Å². The first kappa shape index (κ1) is 23.7. The Balaban J connectivity index is 1.39. The molecule has 5 heterocycles. The number of carbonyl (C=O) groups is 1. The van der Waals surface area contributed by atoms with Crippen LogP contribution in [0.25, 0.3) is 5.65 Å². The molecule has 0 saturated carbocycles. The van der Waals surface area contributed by atoms with Gasteiger partial charge in [0.1, 0.15) is 5.56 Å². The quantitative estimate of drug-likeness (QED) is 0.584. The van der Waals surface area contributed by atoms with Crippen LogP contribution in [0.2, 0.25) is 0 Å². The number of piperidine rings is 1. The van der Waals surface area contributed by atoms with Gasteiger partial charge in [0.25, 0.3) is 5.91 Å². The van der Waals surface area contributed by atoms with Gasteiger partial charge in [-0.15, -0.1) is 16.7 Å². The van der Waals surface area contributed by atoms with Gasteiger partial charge < -0.3 is 16.0 Å². The van der Waals surface area contributed by atoms with Crippen LogP contribution in [-0.4, -0.2) is 106 Å². The van der Waals surface area contributed by atoms with E-state index in [1.165, 1.54) is 10.7 Å². The van der Waals surface area contributed by atoms with Gasteiger partial charge in [-0.05, 0) is 31.8 Å². The molecule has 34 heavy (non-hydrogen) atoms. The number of amides is 1. The van der Waals surface area contributed by atoms with Crippen molar-refractivity contribution < 1.29 is 9.18 Å². The largest absolute Gasteiger partial charge is 0.381 e. The van der Waals surface area contributed by atoms with Crippen LogP contribution in [0.3, 0.4) is 0 Å². The molecular weight excluding hydrogens is 459 g/mol. The lowest BCUT2D eigenvalue weighted by molar-refractivity contribution is 0.0705. The van der Waals surface area contributed by atoms with Gasteiger partial charge in [-0.2, -0.15) is 0 Å². The van der Waals surface area contributed by atoms with Crippen LogP contribution in [0, 0.1) is 17.7 Å². The number of rotatable bonds is 6. The van der Waals surface area contributed by atoms with Crippen LogP contribution in [0.15, 0.2) is 12.4 Å². The summed E-state index contributed by atoms with van der Waals surface area (Å²) in [6, 6.07) is -0.125. The Hall–Kier alpha value is -2.01. The number of nitrogens with one attached hydrogen (secondary N) is 1. The first-order valence-electron chi connectivity index (χ1n) is 12.2. The highest BCUT2D eigenvalue weighted by atomic mass is 35.5. The molecule has 186 valence electrons. The summed E-state index contributed by atoms with van der Waals surface area (Å²) in [6.45, 7) is 8.90. The van der Waals surface area contributed by atoms with Gasteiger partial charge in [-0.25, -0.2) is 13.9 Å². The van der Waals surface area contributed by atoms with Crippen LogP contribution in [0.5, 0.6) is 0 Å². The van der Waals surface area contributed by atoms with Crippen molar-refractivity contribution in [3.8, 4) is 0 Å². The van der Waals surface area contributed by atoms with Crippen LogP contribution in [0.4, 0.5) is 10.2 Å². The predicted molar refractivity (Wildman–Crippen MR) is 129 cm³/mol. The fourth-order valence-electron chi connectivity index (χ4n) is 6.14. The monoisotopic (exact) mass is 492 g/mol. The summed E-state index contributed by atoms with van der Waals surface area (Å²) >= 11 is 7.03. The maximum Gasteiger partial charge on any atom is 0.259 e. The van der Waals surface area contributed by atoms with Crippen molar-refractivity contribution in [3.63, 3.8) is 0 Å². The van der Waals surface area contributed by atoms with E-state index in [2.05, 4.69) is 44.1 Å². The highest BCUT2D eigenvalue weighted by molar-refractivity contribution is 6.21. The number of nitrogen functional groups attached to an aromatic ring is 1. The molecule has 3 N–H and O–H groups in total. The lowest BCUT2D eigenvalue weighted by atomic mass is 9.96. The zero-order valence-corrected chi connectivity index (χ0v) is 20.6. The Morgan fingerprint density at radius 2 is 1.97 bits per heavy atom. The number of unbranched alkanes of at least 4 members (excludes halogenated alkanes) is 1. The number of halogens is 2. The van der Waals surface area contributed by atoms with Gasteiger partial charge in [0.2, 0.25) is 0 Å². The summed E-state index contributed by atoms with van der Waals surface area (Å²) in [7, 11) is 2.18. The molecule has 0 spiro atoms. The SMILES string of the molecule is CCCCN1CC(Cl)C(N2CC3CN(C)CC3C2)C(NC(=O)c2c(N)nn3cc(F)cnc23)C1. The molecule has 3 saturated heterocycles. The van der Waals surface area contributed by atoms with Gasteiger partial charge in [-0.3, -0.25) is 14.6 Å². The number of likely N-dealkylation sites (tertiary alicyclic amines) is 3. The summed E-state index contributed by atoms with van der Waals surface area (Å²) in [5, 5.41) is 7.21. The van der Waals surface area contributed by atoms with E-state index < -0.39 is 5.82 Å². The number of anilines is 1. The third-order valence-electron chi connectivity index (χ3n) is 7.63. The molecule has 3 fully saturated rings. The van der Waals surface area contributed by atoms with Crippen molar-refractivity contribution in [2.75, 3.05) is 58.6 Å². The minimum atomic E-state index is -0.545. The van der Waals surface area contributed by atoms with Crippen molar-refractivity contribution in [3.05, 3.63) is 23.8 Å². The number of carbonyl (C=O) groups excluding carboxylic acids is 1. The third kappa shape index (κ3) is 4.48. The van der Waals surface area contributed by atoms with Crippen molar-refractivity contribution in [2.24, 2.45) is 11.8 Å². The van der Waals surface area contributed by atoms with E-state index in [9.17, 15) is 9.18 Å². The summed E-state index contributed by atoms with van der Waals surface area (Å²) in [4.78, 5) is 24.8. The average Bonchev–Trinajstić information content (AvgIpc) is 3.41. The Kier molecular flexibility index (Phi) is 6.67. The molecule has 11 heteroatoms. The van der Waals surface area contributed by atoms with E-state index in [0.717, 1.165) is 64.9 Å². The number of alkyl halides is 1. The number of aromatic nitrogens is 3. The molecule has 2 aromatic rings. The van der Waals surface area contributed by atoms with Gasteiger partial charge >= 0.3 is 0 Å². The van der Waals surface area contributed by atoms with Gasteiger partial charge in [0.15, 0.2) is 17.3 Å². The Bertz CT molecular complexity index is 1040. The highest BCUT2D eigenvalue weighted by Gasteiger charge is 2.47. The molecule has 3 aliphatic rings. The van der Waals surface area contributed by atoms with Crippen LogP contribution >= 0.6 is 11.6 Å². The molecule has 3 aliphatic heterocycles. The normalized spacial score (nSPS) is 30.8. The average molecular weight is 493 g/mol. The fraction of sp³-hybridized carbons (Fsp3) is 0.696. The molecular formula is C23H34ClFN8O. The second kappa shape index (κ2) is 9.56. The molecule has 0 radical (unpaired) electrons. The van der Waals surface area contributed by atoms with E-state index in [0.29, 0.717) is 11.8 Å². The first-order valence-corrected chi connectivity index (χ1v) is 12.7. The Morgan fingerprint density at radius 1 is 1.24 bits per heavy atom. The second-order valence-corrected chi connectivity index (χ2v) is 10.8. The van der Waals surface area contributed by atoms with Crippen LogP contribution < -0.4 is 11.1 Å². The number of hydrogen-bond acceptors (Lipinski definition) is 7. The molecule has 5 atom stereocenters. The summed E-state index contributed by atoms with van der Waals surface area (Å²) in [6.07, 6.45) is 4.43. The second-order valence-electron chi connectivity index (χ2n) is 10.2. The van der Waals surface area contributed by atoms with E-state index in [1.807, 2.05) is 0 Å². The number of hydrogen-bond donors (Lipinski definition) is 2. The lowest BCUT2D eigenvalue weighted by Gasteiger charge is -2.46. The molecule has 5 rings (SSSR count). The van der Waals surface area contributed by atoms with Crippen molar-refractivity contribution >= 4 is 29.0 Å². The van der Waals surface area contributed by atoms with Gasteiger partial charge in [0, 0.05) is 45.3 Å². The maximum atomic E-state index is 13.6. The summed E-state index contributed by atoms with van der Waals surface area (Å²) in [5.41, 5.74) is 6.47. The molecule has 0 bridgehead atoms. The smallest absolute Gasteiger partial charge is 0.259 e. The molecule has 5 unspecified atom stereocenters. The van der Waals surface area contributed by atoms with Crippen LogP contribution in [-0.2, 0) is 0 Å².